The van der Waals surface area contributed by atoms with Crippen LogP contribution >= 0.6 is 0 Å². The minimum absolute atomic E-state index is 0.947. The van der Waals surface area contributed by atoms with Crippen LogP contribution in [0.25, 0.3) is 0 Å². The van der Waals surface area contributed by atoms with Crippen LogP contribution in [0.1, 0.15) is 13.3 Å². The Bertz CT molecular complexity index is 413. The molecule has 0 amide bonds. The van der Waals surface area contributed by atoms with Gasteiger partial charge >= 0.3 is 108 Å². The average Bonchev–Trinajstić information content (AvgIpc) is 2.41. The van der Waals surface area contributed by atoms with Crippen LogP contribution in [0.4, 0.5) is 0 Å². The second kappa shape index (κ2) is 5.69. The molecule has 0 unspecified atom stereocenters. The van der Waals surface area contributed by atoms with Crippen LogP contribution in [0.5, 0.6) is 0 Å². The van der Waals surface area contributed by atoms with Gasteiger partial charge in [0.1, 0.15) is 0 Å². The van der Waals surface area contributed by atoms with Crippen molar-refractivity contribution in [1.29, 1.82) is 0 Å². The fourth-order valence-corrected chi connectivity index (χ4v) is 11.2. The molecule has 0 bridgehead atoms. The number of benzene rings is 2. The molecule has 0 saturated heterocycles. The fourth-order valence-electron chi connectivity index (χ4n) is 2.24. The Morgan fingerprint density at radius 2 is 1.24 bits per heavy atom. The zero-order chi connectivity index (χ0) is 12.1. The van der Waals surface area contributed by atoms with Gasteiger partial charge in [0, 0.05) is 0 Å². The summed E-state index contributed by atoms with van der Waals surface area (Å²) in [6, 6.07) is 20.4. The Kier molecular flexibility index (Phi) is 4.24. The van der Waals surface area contributed by atoms with Crippen LogP contribution in [-0.4, -0.2) is 22.2 Å². The molecule has 17 heavy (non-hydrogen) atoms. The molecule has 0 radical (unpaired) electrons. The number of hydrogen-bond acceptors (Lipinski definition) is 1. The second-order valence-corrected chi connectivity index (χ2v) is 14.0. The van der Waals surface area contributed by atoms with Gasteiger partial charge in [-0.2, -0.15) is 0 Å². The van der Waals surface area contributed by atoms with Gasteiger partial charge in [0.25, 0.3) is 0 Å². The zero-order valence-electron chi connectivity index (χ0n) is 10.1. The van der Waals surface area contributed by atoms with Gasteiger partial charge in [0.05, 0.1) is 0 Å². The average molecular weight is 333 g/mol. The summed E-state index contributed by atoms with van der Waals surface area (Å²) in [4.78, 5) is 0. The third-order valence-electron chi connectivity index (χ3n) is 3.11. The Hall–Kier alpha value is -0.801. The van der Waals surface area contributed by atoms with Gasteiger partial charge in [0.2, 0.25) is 0 Å². The molecule has 0 fully saturated rings. The molecule has 0 aliphatic carbocycles. The van der Waals surface area contributed by atoms with E-state index in [2.05, 4.69) is 31.2 Å². The first-order valence-electron chi connectivity index (χ1n) is 6.11. The first-order valence-corrected chi connectivity index (χ1v) is 12.3. The van der Waals surface area contributed by atoms with Crippen molar-refractivity contribution in [3.8, 4) is 0 Å². The van der Waals surface area contributed by atoms with Crippen LogP contribution < -0.4 is 7.16 Å². The molecule has 0 atom stereocenters. The van der Waals surface area contributed by atoms with Crippen molar-refractivity contribution in [2.45, 2.75) is 17.8 Å². The van der Waals surface area contributed by atoms with E-state index in [-0.39, 0.29) is 0 Å². The van der Waals surface area contributed by atoms with Crippen molar-refractivity contribution in [2.75, 3.05) is 0 Å². The van der Waals surface area contributed by atoms with E-state index in [1.54, 1.807) is 0 Å². The summed E-state index contributed by atoms with van der Waals surface area (Å²) in [5.74, 6) is 0. The quantitative estimate of drug-likeness (QED) is 0.851. The van der Waals surface area contributed by atoms with Gasteiger partial charge in [0.15, 0.2) is 0 Å². The monoisotopic (exact) mass is 334 g/mol. The molecule has 2 rings (SSSR count). The van der Waals surface area contributed by atoms with Crippen LogP contribution in [0.2, 0.25) is 4.44 Å². The predicted octanol–water partition coefficient (Wildman–Crippen LogP) is 2.15. The van der Waals surface area contributed by atoms with E-state index in [4.69, 9.17) is 0 Å². The van der Waals surface area contributed by atoms with Crippen LogP contribution in [0.3, 0.4) is 0 Å². The maximum absolute atomic E-state index is 11.2. The van der Waals surface area contributed by atoms with Gasteiger partial charge in [-0.3, -0.25) is 0 Å². The minimum atomic E-state index is -3.34. The summed E-state index contributed by atoms with van der Waals surface area (Å²) in [7, 11) is 0. The summed E-state index contributed by atoms with van der Waals surface area (Å²) >= 11 is -3.34. The number of hydrogen-bond donors (Lipinski definition) is 1. The molecule has 2 aromatic rings. The summed E-state index contributed by atoms with van der Waals surface area (Å²) in [5.41, 5.74) is 0. The molecule has 0 spiro atoms. The molecule has 0 saturated carbocycles. The molecule has 1 nitrogen and oxygen atoms in total. The van der Waals surface area contributed by atoms with E-state index in [0.29, 0.717) is 0 Å². The molecule has 2 aromatic carbocycles. The van der Waals surface area contributed by atoms with Crippen molar-refractivity contribution < 1.29 is 3.44 Å². The predicted molar refractivity (Wildman–Crippen MR) is 75.2 cm³/mol. The van der Waals surface area contributed by atoms with Crippen molar-refractivity contribution in [3.05, 3.63) is 60.7 Å². The van der Waals surface area contributed by atoms with E-state index in [1.165, 1.54) is 7.16 Å². The number of rotatable bonds is 4. The standard InChI is InChI=1S/2C6H5.C3H7.H2O.Sn/c2*1-2-4-6-5-3-1;1-3-2;;/h2*1-5H;1,3H2,2H3;1H2;/q;;;;+1/p-1. The first kappa shape index (κ1) is 12.7. The van der Waals surface area contributed by atoms with Crippen LogP contribution in [0.15, 0.2) is 60.7 Å². The summed E-state index contributed by atoms with van der Waals surface area (Å²) < 4.78 is 14.5. The summed E-state index contributed by atoms with van der Waals surface area (Å²) in [6.45, 7) is 2.15. The van der Waals surface area contributed by atoms with Crippen molar-refractivity contribution >= 4 is 25.9 Å². The first-order chi connectivity index (χ1) is 8.27. The molecule has 88 valence electrons. The maximum atomic E-state index is 11.2. The van der Waals surface area contributed by atoms with E-state index in [9.17, 15) is 3.44 Å². The summed E-state index contributed by atoms with van der Waals surface area (Å²) in [5, 5.41) is 0. The van der Waals surface area contributed by atoms with E-state index >= 15 is 0 Å². The molecule has 0 aromatic heterocycles. The second-order valence-electron chi connectivity index (χ2n) is 4.34. The van der Waals surface area contributed by atoms with Crippen molar-refractivity contribution in [1.82, 2.24) is 0 Å². The molecule has 0 aliphatic heterocycles. The van der Waals surface area contributed by atoms with E-state index in [1.807, 2.05) is 36.4 Å². The van der Waals surface area contributed by atoms with E-state index in [0.717, 1.165) is 10.9 Å². The third-order valence-corrected chi connectivity index (χ3v) is 14.0. The zero-order valence-corrected chi connectivity index (χ0v) is 13.0. The van der Waals surface area contributed by atoms with Crippen molar-refractivity contribution in [2.24, 2.45) is 0 Å². The third kappa shape index (κ3) is 2.72. The Balaban J connectivity index is 2.47. The molecule has 0 aliphatic rings. The van der Waals surface area contributed by atoms with Gasteiger partial charge in [-0.05, 0) is 0 Å². The normalized spacial score (nSPS) is 11.4. The Morgan fingerprint density at radius 1 is 0.824 bits per heavy atom. The molecular formula is C15H18OSn. The molecule has 2 heteroatoms. The van der Waals surface area contributed by atoms with E-state index < -0.39 is 18.8 Å². The fraction of sp³-hybridized carbons (Fsp3) is 0.200. The SMILES string of the molecule is CC[CH2][Sn]([OH])([c]1ccccc1)[c]1ccccc1. The van der Waals surface area contributed by atoms with Crippen LogP contribution in [0, 0.1) is 0 Å². The van der Waals surface area contributed by atoms with Crippen LogP contribution in [-0.2, 0) is 0 Å². The van der Waals surface area contributed by atoms with Gasteiger partial charge in [-0.1, -0.05) is 0 Å². The molecule has 0 heterocycles. The van der Waals surface area contributed by atoms with Crippen molar-refractivity contribution in [3.63, 3.8) is 0 Å². The Labute approximate surface area is 108 Å². The topological polar surface area (TPSA) is 20.2 Å². The molecular weight excluding hydrogens is 315 g/mol. The molecule has 1 N–H and O–H groups in total. The van der Waals surface area contributed by atoms with Gasteiger partial charge in [-0.25, -0.2) is 0 Å². The summed E-state index contributed by atoms with van der Waals surface area (Å²) in [6.07, 6.45) is 1.04. The van der Waals surface area contributed by atoms with Gasteiger partial charge in [-0.15, -0.1) is 0 Å². The Morgan fingerprint density at radius 3 is 1.59 bits per heavy atom. The van der Waals surface area contributed by atoms with Gasteiger partial charge < -0.3 is 0 Å².